The number of allylic oxidation sites excluding steroid dienone is 3. The van der Waals surface area contributed by atoms with E-state index in [1.807, 2.05) is 26.0 Å². The second-order valence-electron chi connectivity index (χ2n) is 7.42. The summed E-state index contributed by atoms with van der Waals surface area (Å²) < 4.78 is 2.33. The van der Waals surface area contributed by atoms with Gasteiger partial charge < -0.3 is 9.88 Å². The molecule has 0 bridgehead atoms. The summed E-state index contributed by atoms with van der Waals surface area (Å²) in [6.07, 6.45) is 5.01. The molecule has 0 spiro atoms. The Hall–Kier alpha value is -2.23. The maximum Gasteiger partial charge on any atom is 0.141 e. The number of nitrogens with one attached hydrogen (secondary N) is 1. The fourth-order valence-electron chi connectivity index (χ4n) is 3.55. The predicted molar refractivity (Wildman–Crippen MR) is 131 cm³/mol. The molecule has 3 nitrogen and oxygen atoms in total. The molecule has 2 aromatic carbocycles. The van der Waals surface area contributed by atoms with Crippen molar-refractivity contribution in [3.63, 3.8) is 0 Å². The van der Waals surface area contributed by atoms with Crippen molar-refractivity contribution in [1.82, 2.24) is 9.55 Å². The van der Waals surface area contributed by atoms with Gasteiger partial charge in [-0.05, 0) is 44.4 Å². The van der Waals surface area contributed by atoms with Crippen LogP contribution >= 0.6 is 23.2 Å². The van der Waals surface area contributed by atoms with E-state index in [9.17, 15) is 0 Å². The Morgan fingerprint density at radius 2 is 1.87 bits per heavy atom. The number of rotatable bonds is 8. The van der Waals surface area contributed by atoms with Gasteiger partial charge >= 0.3 is 0 Å². The van der Waals surface area contributed by atoms with Crippen molar-refractivity contribution >= 4 is 39.9 Å². The molecule has 0 unspecified atom stereocenters. The lowest BCUT2D eigenvalue weighted by atomic mass is 10.1. The van der Waals surface area contributed by atoms with Crippen molar-refractivity contribution in [2.45, 2.75) is 53.5 Å². The van der Waals surface area contributed by atoms with Crippen molar-refractivity contribution in [2.24, 2.45) is 0 Å². The second kappa shape index (κ2) is 10.2. The smallest absolute Gasteiger partial charge is 0.141 e. The number of nitrogens with zero attached hydrogens (tertiary/aromatic N) is 2. The van der Waals surface area contributed by atoms with Crippen molar-refractivity contribution in [3.05, 3.63) is 69.9 Å². The lowest BCUT2D eigenvalue weighted by Gasteiger charge is -2.13. The molecule has 0 aliphatic heterocycles. The summed E-state index contributed by atoms with van der Waals surface area (Å²) in [5.41, 5.74) is 6.01. The molecular weight excluding hydrogens is 413 g/mol. The van der Waals surface area contributed by atoms with Crippen molar-refractivity contribution in [3.8, 4) is 11.4 Å². The standard InChI is InChI=1S/C25H29Cl2N3/c1-5-7-16-30-22-15-10-14-21(28-23(18(4)26)20(27)11-6-2)24(22)29-25(30)19-13-9-8-12-17(19)3/h8-15,28H,5-7,16H2,1-4H3/b20-11+,23-18-. The lowest BCUT2D eigenvalue weighted by Crippen LogP contribution is -2.03. The molecule has 30 heavy (non-hydrogen) atoms. The zero-order chi connectivity index (χ0) is 21.7. The van der Waals surface area contributed by atoms with Crippen LogP contribution in [-0.4, -0.2) is 9.55 Å². The minimum absolute atomic E-state index is 0.617. The number of benzene rings is 2. The van der Waals surface area contributed by atoms with E-state index in [1.165, 1.54) is 5.56 Å². The van der Waals surface area contributed by atoms with Gasteiger partial charge in [0, 0.05) is 17.1 Å². The van der Waals surface area contributed by atoms with Crippen LogP contribution in [0, 0.1) is 6.92 Å². The number of halogens is 2. The maximum atomic E-state index is 6.50. The number of hydrogen-bond acceptors (Lipinski definition) is 2. The van der Waals surface area contributed by atoms with E-state index in [2.05, 4.69) is 60.1 Å². The van der Waals surface area contributed by atoms with Gasteiger partial charge in [0.2, 0.25) is 0 Å². The van der Waals surface area contributed by atoms with Gasteiger partial charge in [0.1, 0.15) is 11.3 Å². The van der Waals surface area contributed by atoms with Gasteiger partial charge in [0.15, 0.2) is 0 Å². The van der Waals surface area contributed by atoms with E-state index < -0.39 is 0 Å². The lowest BCUT2D eigenvalue weighted by molar-refractivity contribution is 0.651. The van der Waals surface area contributed by atoms with Crippen LogP contribution in [0.25, 0.3) is 22.4 Å². The summed E-state index contributed by atoms with van der Waals surface area (Å²) in [5.74, 6) is 0.995. The molecule has 0 fully saturated rings. The summed E-state index contributed by atoms with van der Waals surface area (Å²) in [6.45, 7) is 9.16. The molecule has 0 aliphatic carbocycles. The zero-order valence-corrected chi connectivity index (χ0v) is 19.6. The quantitative estimate of drug-likeness (QED) is 0.356. The molecule has 0 aliphatic rings. The Labute approximate surface area is 189 Å². The van der Waals surface area contributed by atoms with Gasteiger partial charge in [0.25, 0.3) is 0 Å². The van der Waals surface area contributed by atoms with Crippen LogP contribution < -0.4 is 5.32 Å². The van der Waals surface area contributed by atoms with E-state index >= 15 is 0 Å². The Bertz CT molecular complexity index is 1090. The number of anilines is 1. The molecule has 0 radical (unpaired) electrons. The highest BCUT2D eigenvalue weighted by molar-refractivity contribution is 6.35. The molecule has 158 valence electrons. The zero-order valence-electron chi connectivity index (χ0n) is 18.1. The third kappa shape index (κ3) is 4.74. The molecule has 1 N–H and O–H groups in total. The van der Waals surface area contributed by atoms with Crippen LogP contribution in [0.4, 0.5) is 5.69 Å². The van der Waals surface area contributed by atoms with Crippen LogP contribution in [0.1, 0.15) is 45.6 Å². The highest BCUT2D eigenvalue weighted by atomic mass is 35.5. The molecule has 0 atom stereocenters. The summed E-state index contributed by atoms with van der Waals surface area (Å²) in [6, 6.07) is 14.6. The first-order valence-electron chi connectivity index (χ1n) is 10.5. The molecular formula is C25H29Cl2N3. The average Bonchev–Trinajstić information content (AvgIpc) is 3.09. The van der Waals surface area contributed by atoms with Crippen LogP contribution in [0.2, 0.25) is 0 Å². The van der Waals surface area contributed by atoms with Gasteiger partial charge in [0.05, 0.1) is 21.9 Å². The minimum atomic E-state index is 0.617. The summed E-state index contributed by atoms with van der Waals surface area (Å²) in [5, 5.41) is 4.67. The minimum Gasteiger partial charge on any atom is -0.352 e. The van der Waals surface area contributed by atoms with Gasteiger partial charge in [-0.15, -0.1) is 0 Å². The average molecular weight is 442 g/mol. The summed E-state index contributed by atoms with van der Waals surface area (Å²) >= 11 is 12.9. The number of unbranched alkanes of at least 4 members (excludes halogenated alkanes) is 1. The van der Waals surface area contributed by atoms with Crippen LogP contribution in [-0.2, 0) is 6.54 Å². The number of imidazole rings is 1. The highest BCUT2D eigenvalue weighted by Gasteiger charge is 2.17. The topological polar surface area (TPSA) is 29.9 Å². The third-order valence-electron chi connectivity index (χ3n) is 5.13. The first-order valence-corrected chi connectivity index (χ1v) is 11.3. The van der Waals surface area contributed by atoms with Gasteiger partial charge in [-0.2, -0.15) is 0 Å². The number of para-hydroxylation sites is 1. The SMILES string of the molecule is CC/C=C(Cl)\C(Nc1cccc2c1nc(-c1ccccc1C)n2CCCC)=C(/C)Cl. The van der Waals surface area contributed by atoms with E-state index in [4.69, 9.17) is 28.2 Å². The molecule has 0 amide bonds. The van der Waals surface area contributed by atoms with Crippen LogP contribution in [0.3, 0.4) is 0 Å². The van der Waals surface area contributed by atoms with Gasteiger partial charge in [-0.1, -0.05) is 79.9 Å². The molecule has 1 heterocycles. The molecule has 1 aromatic heterocycles. The van der Waals surface area contributed by atoms with Crippen molar-refractivity contribution in [1.29, 1.82) is 0 Å². The Morgan fingerprint density at radius 1 is 1.10 bits per heavy atom. The molecule has 3 rings (SSSR count). The van der Waals surface area contributed by atoms with E-state index in [-0.39, 0.29) is 0 Å². The molecule has 5 heteroatoms. The number of fused-ring (bicyclic) bond motifs is 1. The normalized spacial score (nSPS) is 12.9. The Balaban J connectivity index is 2.18. The number of aromatic nitrogens is 2. The Morgan fingerprint density at radius 3 is 2.53 bits per heavy atom. The largest absolute Gasteiger partial charge is 0.352 e. The van der Waals surface area contributed by atoms with Crippen LogP contribution in [0.5, 0.6) is 0 Å². The van der Waals surface area contributed by atoms with E-state index in [1.54, 1.807) is 0 Å². The Kier molecular flexibility index (Phi) is 7.63. The number of aryl methyl sites for hydroxylation is 2. The van der Waals surface area contributed by atoms with Crippen LogP contribution in [0.15, 0.2) is 64.3 Å². The van der Waals surface area contributed by atoms with Crippen molar-refractivity contribution < 1.29 is 0 Å². The summed E-state index contributed by atoms with van der Waals surface area (Å²) in [4.78, 5) is 5.09. The third-order valence-corrected chi connectivity index (χ3v) is 5.66. The second-order valence-corrected chi connectivity index (χ2v) is 8.40. The molecule has 3 aromatic rings. The van der Waals surface area contributed by atoms with E-state index in [0.29, 0.717) is 15.8 Å². The monoisotopic (exact) mass is 441 g/mol. The molecule has 0 saturated carbocycles. The fraction of sp³-hybridized carbons (Fsp3) is 0.320. The molecule has 0 saturated heterocycles. The van der Waals surface area contributed by atoms with Crippen molar-refractivity contribution in [2.75, 3.05) is 5.32 Å². The van der Waals surface area contributed by atoms with Gasteiger partial charge in [-0.25, -0.2) is 4.98 Å². The fourth-order valence-corrected chi connectivity index (χ4v) is 4.09. The van der Waals surface area contributed by atoms with Gasteiger partial charge in [-0.3, -0.25) is 0 Å². The maximum absolute atomic E-state index is 6.50. The number of hydrogen-bond donors (Lipinski definition) is 1. The van der Waals surface area contributed by atoms with E-state index in [0.717, 1.165) is 53.9 Å². The first-order chi connectivity index (χ1) is 14.5. The highest BCUT2D eigenvalue weighted by Crippen LogP contribution is 2.33. The summed E-state index contributed by atoms with van der Waals surface area (Å²) in [7, 11) is 0. The first kappa shape index (κ1) is 22.5. The predicted octanol–water partition coefficient (Wildman–Crippen LogP) is 8.23.